The Hall–Kier alpha value is -1.04. The first-order valence-corrected chi connectivity index (χ1v) is 3.99. The molecule has 58 valence electrons. The van der Waals surface area contributed by atoms with E-state index in [1.54, 1.807) is 0 Å². The van der Waals surface area contributed by atoms with Gasteiger partial charge in [0.15, 0.2) is 0 Å². The third-order valence-corrected chi connectivity index (χ3v) is 1.80. The lowest BCUT2D eigenvalue weighted by Gasteiger charge is -2.04. The maximum atomic E-state index is 3.76. The van der Waals surface area contributed by atoms with Crippen LogP contribution >= 0.6 is 0 Å². The summed E-state index contributed by atoms with van der Waals surface area (Å²) in [4.78, 5) is 0. The predicted octanol–water partition coefficient (Wildman–Crippen LogP) is 3.05. The Balaban J connectivity index is 2.57. The molecule has 0 radical (unpaired) electrons. The average molecular weight is 146 g/mol. The van der Waals surface area contributed by atoms with Crippen LogP contribution in [0.25, 0.3) is 0 Å². The molecule has 0 saturated carbocycles. The molecule has 1 aromatic rings. The minimum absolute atomic E-state index is 0.581. The standard InChI is InChI=1S/C11H14/c1-3-10(2)9-11-7-5-4-6-8-11/h3-8,10H,1,9H2,2H3/t10-/m1/s1. The molecule has 0 heterocycles. The Morgan fingerprint density at radius 1 is 1.36 bits per heavy atom. The molecule has 0 aromatic heterocycles. The third kappa shape index (κ3) is 2.58. The van der Waals surface area contributed by atoms with Gasteiger partial charge in [-0.15, -0.1) is 6.58 Å². The molecule has 0 N–H and O–H groups in total. The van der Waals surface area contributed by atoms with E-state index in [0.29, 0.717) is 5.92 Å². The topological polar surface area (TPSA) is 0 Å². The molecule has 1 atom stereocenters. The molecule has 0 aliphatic heterocycles. The van der Waals surface area contributed by atoms with E-state index >= 15 is 0 Å². The zero-order valence-electron chi connectivity index (χ0n) is 6.96. The lowest BCUT2D eigenvalue weighted by Crippen LogP contribution is -1.94. The minimum Gasteiger partial charge on any atom is -0.103 e. The number of rotatable bonds is 3. The molecule has 0 spiro atoms. The number of hydrogen-bond donors (Lipinski definition) is 0. The molecule has 11 heavy (non-hydrogen) atoms. The van der Waals surface area contributed by atoms with E-state index < -0.39 is 0 Å². The van der Waals surface area contributed by atoms with Crippen LogP contribution in [0.15, 0.2) is 43.0 Å². The van der Waals surface area contributed by atoms with Crippen LogP contribution in [0.4, 0.5) is 0 Å². The van der Waals surface area contributed by atoms with Crippen molar-refractivity contribution in [2.75, 3.05) is 0 Å². The van der Waals surface area contributed by atoms with E-state index in [1.165, 1.54) is 5.56 Å². The molecule has 0 amide bonds. The average Bonchev–Trinajstić information content (AvgIpc) is 2.06. The largest absolute Gasteiger partial charge is 0.103 e. The van der Waals surface area contributed by atoms with Gasteiger partial charge in [0.1, 0.15) is 0 Å². The van der Waals surface area contributed by atoms with Crippen molar-refractivity contribution < 1.29 is 0 Å². The second-order valence-electron chi connectivity index (χ2n) is 2.90. The Kier molecular flexibility index (Phi) is 2.91. The third-order valence-electron chi connectivity index (χ3n) is 1.80. The molecule has 0 fully saturated rings. The molecule has 0 aliphatic carbocycles. The van der Waals surface area contributed by atoms with Gasteiger partial charge < -0.3 is 0 Å². The van der Waals surface area contributed by atoms with Crippen molar-refractivity contribution in [3.8, 4) is 0 Å². The van der Waals surface area contributed by atoms with Crippen molar-refractivity contribution >= 4 is 0 Å². The molecule has 0 aliphatic rings. The summed E-state index contributed by atoms with van der Waals surface area (Å²) < 4.78 is 0. The summed E-state index contributed by atoms with van der Waals surface area (Å²) in [5.74, 6) is 0.581. The van der Waals surface area contributed by atoms with Crippen LogP contribution in [-0.4, -0.2) is 0 Å². The molecule has 0 nitrogen and oxygen atoms in total. The normalized spacial score (nSPS) is 12.5. The molecule has 0 unspecified atom stereocenters. The van der Waals surface area contributed by atoms with Crippen molar-refractivity contribution in [3.63, 3.8) is 0 Å². The Morgan fingerprint density at radius 3 is 2.55 bits per heavy atom. The van der Waals surface area contributed by atoms with Gasteiger partial charge in [0.25, 0.3) is 0 Å². The number of benzene rings is 1. The zero-order chi connectivity index (χ0) is 8.10. The first kappa shape index (κ1) is 8.06. The zero-order valence-corrected chi connectivity index (χ0v) is 6.96. The fraction of sp³-hybridized carbons (Fsp3) is 0.273. The number of allylic oxidation sites excluding steroid dienone is 1. The van der Waals surface area contributed by atoms with Crippen LogP contribution in [0.2, 0.25) is 0 Å². The van der Waals surface area contributed by atoms with E-state index in [4.69, 9.17) is 0 Å². The van der Waals surface area contributed by atoms with Gasteiger partial charge in [-0.3, -0.25) is 0 Å². The van der Waals surface area contributed by atoms with Crippen LogP contribution in [-0.2, 0) is 6.42 Å². The first-order valence-electron chi connectivity index (χ1n) is 3.99. The molecule has 0 saturated heterocycles. The Labute approximate surface area is 68.6 Å². The van der Waals surface area contributed by atoms with Crippen LogP contribution < -0.4 is 0 Å². The van der Waals surface area contributed by atoms with Crippen LogP contribution in [0.5, 0.6) is 0 Å². The van der Waals surface area contributed by atoms with Gasteiger partial charge in [0.05, 0.1) is 0 Å². The summed E-state index contributed by atoms with van der Waals surface area (Å²) >= 11 is 0. The summed E-state index contributed by atoms with van der Waals surface area (Å²) in [5, 5.41) is 0. The summed E-state index contributed by atoms with van der Waals surface area (Å²) in [6.07, 6.45) is 3.09. The minimum atomic E-state index is 0.581. The van der Waals surface area contributed by atoms with Crippen molar-refractivity contribution in [2.45, 2.75) is 13.3 Å². The van der Waals surface area contributed by atoms with Crippen LogP contribution in [0.1, 0.15) is 12.5 Å². The van der Waals surface area contributed by atoms with Crippen molar-refractivity contribution in [3.05, 3.63) is 48.6 Å². The van der Waals surface area contributed by atoms with Gasteiger partial charge in [-0.2, -0.15) is 0 Å². The summed E-state index contributed by atoms with van der Waals surface area (Å²) in [5.41, 5.74) is 1.39. The smallest absolute Gasteiger partial charge is 0.0218 e. The maximum absolute atomic E-state index is 3.76. The molecular formula is C11H14. The summed E-state index contributed by atoms with van der Waals surface area (Å²) in [6.45, 7) is 5.94. The summed E-state index contributed by atoms with van der Waals surface area (Å²) in [6, 6.07) is 10.5. The quantitative estimate of drug-likeness (QED) is 0.575. The highest BCUT2D eigenvalue weighted by Crippen LogP contribution is 2.07. The highest BCUT2D eigenvalue weighted by molar-refractivity contribution is 5.15. The van der Waals surface area contributed by atoms with Crippen LogP contribution in [0.3, 0.4) is 0 Å². The second-order valence-corrected chi connectivity index (χ2v) is 2.90. The molecule has 1 rings (SSSR count). The van der Waals surface area contributed by atoms with Crippen molar-refractivity contribution in [2.24, 2.45) is 5.92 Å². The van der Waals surface area contributed by atoms with Crippen molar-refractivity contribution in [1.82, 2.24) is 0 Å². The molecular weight excluding hydrogens is 132 g/mol. The van der Waals surface area contributed by atoms with Gasteiger partial charge in [-0.1, -0.05) is 43.3 Å². The lowest BCUT2D eigenvalue weighted by atomic mass is 10.0. The van der Waals surface area contributed by atoms with Gasteiger partial charge >= 0.3 is 0 Å². The first-order chi connectivity index (χ1) is 5.33. The fourth-order valence-electron chi connectivity index (χ4n) is 1.07. The lowest BCUT2D eigenvalue weighted by molar-refractivity contribution is 0.725. The van der Waals surface area contributed by atoms with E-state index in [9.17, 15) is 0 Å². The van der Waals surface area contributed by atoms with E-state index in [0.717, 1.165) is 6.42 Å². The molecule has 1 aromatic carbocycles. The molecule has 0 heteroatoms. The van der Waals surface area contributed by atoms with E-state index in [1.807, 2.05) is 12.1 Å². The van der Waals surface area contributed by atoms with Gasteiger partial charge in [-0.25, -0.2) is 0 Å². The fourth-order valence-corrected chi connectivity index (χ4v) is 1.07. The Bertz CT molecular complexity index is 211. The second kappa shape index (κ2) is 3.97. The van der Waals surface area contributed by atoms with E-state index in [-0.39, 0.29) is 0 Å². The Morgan fingerprint density at radius 2 is 2.00 bits per heavy atom. The van der Waals surface area contributed by atoms with Gasteiger partial charge in [0.2, 0.25) is 0 Å². The highest BCUT2D eigenvalue weighted by Gasteiger charge is 1.96. The van der Waals surface area contributed by atoms with Crippen LogP contribution in [0, 0.1) is 5.92 Å². The predicted molar refractivity (Wildman–Crippen MR) is 49.5 cm³/mol. The van der Waals surface area contributed by atoms with Gasteiger partial charge in [0, 0.05) is 0 Å². The monoisotopic (exact) mass is 146 g/mol. The van der Waals surface area contributed by atoms with E-state index in [2.05, 4.69) is 37.8 Å². The summed E-state index contributed by atoms with van der Waals surface area (Å²) in [7, 11) is 0. The highest BCUT2D eigenvalue weighted by atomic mass is 14.0. The molecule has 0 bridgehead atoms. The van der Waals surface area contributed by atoms with Crippen molar-refractivity contribution in [1.29, 1.82) is 0 Å². The number of hydrogen-bond acceptors (Lipinski definition) is 0. The SMILES string of the molecule is C=C[C@@H](C)Cc1ccccc1. The maximum Gasteiger partial charge on any atom is -0.0218 e. The van der Waals surface area contributed by atoms with Gasteiger partial charge in [-0.05, 0) is 17.9 Å².